The number of likely N-dealkylation sites (N-methyl/N-ethyl adjacent to an activating group) is 1. The van der Waals surface area contributed by atoms with Crippen molar-refractivity contribution in [3.63, 3.8) is 0 Å². The maximum absolute atomic E-state index is 13.5. The fourth-order valence-electron chi connectivity index (χ4n) is 6.57. The number of nitrogens with zero attached hydrogens (tertiary/aromatic N) is 1. The Bertz CT molecular complexity index is 753. The quantitative estimate of drug-likeness (QED) is 0.252. The molecular weight excluding hydrogens is 438 g/mol. The Balaban J connectivity index is 1.69. The van der Waals surface area contributed by atoms with Crippen molar-refractivity contribution < 1.29 is 9.53 Å². The Morgan fingerprint density at radius 3 is 2.54 bits per heavy atom. The molecule has 6 heteroatoms. The fourth-order valence-corrected chi connectivity index (χ4v) is 6.57. The van der Waals surface area contributed by atoms with Crippen molar-refractivity contribution in [3.8, 4) is 0 Å². The number of amides is 1. The van der Waals surface area contributed by atoms with Crippen molar-refractivity contribution in [2.24, 2.45) is 22.9 Å². The van der Waals surface area contributed by atoms with Crippen molar-refractivity contribution in [2.45, 2.75) is 95.1 Å². The number of methoxy groups -OCH3 is 1. The lowest BCUT2D eigenvalue weighted by atomic mass is 9.66. The van der Waals surface area contributed by atoms with E-state index in [1.807, 2.05) is 37.4 Å². The molecule has 196 valence electrons. The molecule has 4 atom stereocenters. The fraction of sp³-hybridized carbons (Fsp3) is 0.759. The molecule has 2 saturated carbocycles. The van der Waals surface area contributed by atoms with Gasteiger partial charge in [-0.05, 0) is 69.4 Å². The molecule has 0 bridgehead atoms. The molecule has 6 nitrogen and oxygen atoms in total. The van der Waals surface area contributed by atoms with Gasteiger partial charge >= 0.3 is 0 Å². The summed E-state index contributed by atoms with van der Waals surface area (Å²) in [6, 6.07) is 10.2. The van der Waals surface area contributed by atoms with Gasteiger partial charge in [-0.3, -0.25) is 4.79 Å². The standard InChI is InChI=1S/C29H47N3O3/c1-30-22-27(20-23-12-5-3-6-13-23)31-28(33)24-14-11-17-26(21-24)29(32-34,18-9-10-19-35-2)25-15-7-4-8-16-25/h4,7-8,15-16,23-24,26-27,30H,3,5-6,9-14,17-22H2,1-2H3,(H,31,33)/t24-,26+,27-,29+/m0/s1. The van der Waals surface area contributed by atoms with Crippen LogP contribution in [0.1, 0.15) is 89.0 Å². The van der Waals surface area contributed by atoms with E-state index >= 15 is 0 Å². The number of hydrogen-bond acceptors (Lipinski definition) is 5. The molecular formula is C29H47N3O3. The molecule has 1 aromatic rings. The van der Waals surface area contributed by atoms with Crippen LogP contribution in [0.3, 0.4) is 0 Å². The maximum atomic E-state index is 13.5. The highest BCUT2D eigenvalue weighted by Gasteiger charge is 2.45. The molecule has 1 amide bonds. The summed E-state index contributed by atoms with van der Waals surface area (Å²) in [6.07, 6.45) is 13.6. The van der Waals surface area contributed by atoms with Crippen molar-refractivity contribution in [1.82, 2.24) is 10.6 Å². The van der Waals surface area contributed by atoms with Crippen molar-refractivity contribution in [1.29, 1.82) is 0 Å². The lowest BCUT2D eigenvalue weighted by Crippen LogP contribution is -2.47. The van der Waals surface area contributed by atoms with Crippen LogP contribution in [0.4, 0.5) is 0 Å². The van der Waals surface area contributed by atoms with Gasteiger partial charge in [-0.1, -0.05) is 74.0 Å². The molecule has 0 aliphatic heterocycles. The highest BCUT2D eigenvalue weighted by molar-refractivity contribution is 5.79. The highest BCUT2D eigenvalue weighted by Crippen LogP contribution is 2.47. The van der Waals surface area contributed by atoms with E-state index in [1.165, 1.54) is 32.1 Å². The summed E-state index contributed by atoms with van der Waals surface area (Å²) < 4.78 is 5.23. The number of ether oxygens (including phenoxy) is 1. The van der Waals surface area contributed by atoms with E-state index in [0.29, 0.717) is 13.0 Å². The Kier molecular flexibility index (Phi) is 11.7. The average molecular weight is 486 g/mol. The molecule has 0 unspecified atom stereocenters. The molecule has 0 radical (unpaired) electrons. The SMILES string of the molecule is CNC[C@H](CC1CCCCC1)NC(=O)[C@H]1CCC[C@@H]([C@](CCCCOC)(N=O)c2ccccc2)C1. The Morgan fingerprint density at radius 1 is 1.09 bits per heavy atom. The number of rotatable bonds is 14. The lowest BCUT2D eigenvalue weighted by Gasteiger charge is -2.40. The van der Waals surface area contributed by atoms with Crippen molar-refractivity contribution in [2.75, 3.05) is 27.3 Å². The second kappa shape index (κ2) is 14.7. The van der Waals surface area contributed by atoms with Gasteiger partial charge in [0.1, 0.15) is 5.54 Å². The zero-order valence-electron chi connectivity index (χ0n) is 22.0. The number of carbonyl (C=O) groups is 1. The molecule has 1 aromatic carbocycles. The van der Waals surface area contributed by atoms with Gasteiger partial charge in [-0.15, -0.1) is 4.91 Å². The van der Waals surface area contributed by atoms with E-state index in [-0.39, 0.29) is 23.8 Å². The smallest absolute Gasteiger partial charge is 0.223 e. The van der Waals surface area contributed by atoms with Gasteiger partial charge in [-0.2, -0.15) is 0 Å². The van der Waals surface area contributed by atoms with Crippen LogP contribution in [0, 0.1) is 22.7 Å². The third-order valence-corrected chi connectivity index (χ3v) is 8.45. The summed E-state index contributed by atoms with van der Waals surface area (Å²) in [6.45, 7) is 1.50. The average Bonchev–Trinajstić information content (AvgIpc) is 2.90. The minimum atomic E-state index is -0.777. The van der Waals surface area contributed by atoms with Gasteiger partial charge in [0.15, 0.2) is 0 Å². The van der Waals surface area contributed by atoms with Crippen LogP contribution in [0.25, 0.3) is 0 Å². The van der Waals surface area contributed by atoms with Gasteiger partial charge < -0.3 is 15.4 Å². The van der Waals surface area contributed by atoms with Gasteiger partial charge in [0.05, 0.1) is 0 Å². The molecule has 2 aliphatic rings. The topological polar surface area (TPSA) is 79.8 Å². The summed E-state index contributed by atoms with van der Waals surface area (Å²) >= 11 is 0. The van der Waals surface area contributed by atoms with Crippen LogP contribution in [-0.4, -0.2) is 39.3 Å². The minimum Gasteiger partial charge on any atom is -0.385 e. The molecule has 0 saturated heterocycles. The Hall–Kier alpha value is -1.79. The molecule has 35 heavy (non-hydrogen) atoms. The first-order valence-corrected chi connectivity index (χ1v) is 14.0. The molecule has 0 heterocycles. The van der Waals surface area contributed by atoms with E-state index in [2.05, 4.69) is 15.8 Å². The Labute approximate surface area is 212 Å². The summed E-state index contributed by atoms with van der Waals surface area (Å²) in [4.78, 5) is 26.0. The van der Waals surface area contributed by atoms with E-state index in [0.717, 1.165) is 63.0 Å². The zero-order valence-corrected chi connectivity index (χ0v) is 22.0. The minimum absolute atomic E-state index is 0.0525. The second-order valence-electron chi connectivity index (χ2n) is 10.9. The Morgan fingerprint density at radius 2 is 1.86 bits per heavy atom. The number of nitrogens with one attached hydrogen (secondary N) is 2. The normalized spacial score (nSPS) is 23.8. The third-order valence-electron chi connectivity index (χ3n) is 8.45. The van der Waals surface area contributed by atoms with Crippen LogP contribution >= 0.6 is 0 Å². The first kappa shape index (κ1) is 27.8. The molecule has 3 rings (SSSR count). The molecule has 0 aromatic heterocycles. The highest BCUT2D eigenvalue weighted by atomic mass is 16.5. The van der Waals surface area contributed by atoms with E-state index in [4.69, 9.17) is 4.74 Å². The first-order chi connectivity index (χ1) is 17.1. The van der Waals surface area contributed by atoms with Crippen LogP contribution in [0.2, 0.25) is 0 Å². The monoisotopic (exact) mass is 485 g/mol. The van der Waals surface area contributed by atoms with Crippen molar-refractivity contribution in [3.05, 3.63) is 40.8 Å². The summed E-state index contributed by atoms with van der Waals surface area (Å²) in [5, 5.41) is 10.5. The number of benzene rings is 1. The van der Waals surface area contributed by atoms with Crippen LogP contribution in [-0.2, 0) is 15.1 Å². The predicted molar refractivity (Wildman–Crippen MR) is 142 cm³/mol. The van der Waals surface area contributed by atoms with Gasteiger partial charge in [0.25, 0.3) is 0 Å². The van der Waals surface area contributed by atoms with Crippen LogP contribution in [0.15, 0.2) is 35.5 Å². The maximum Gasteiger partial charge on any atom is 0.223 e. The summed E-state index contributed by atoms with van der Waals surface area (Å²) in [5.41, 5.74) is 0.212. The van der Waals surface area contributed by atoms with E-state index < -0.39 is 5.54 Å². The van der Waals surface area contributed by atoms with Gasteiger partial charge in [0.2, 0.25) is 5.91 Å². The summed E-state index contributed by atoms with van der Waals surface area (Å²) in [5.74, 6) is 0.912. The number of hydrogen-bond donors (Lipinski definition) is 2. The van der Waals surface area contributed by atoms with Gasteiger partial charge in [-0.25, -0.2) is 0 Å². The van der Waals surface area contributed by atoms with Crippen LogP contribution < -0.4 is 10.6 Å². The number of carbonyl (C=O) groups excluding carboxylic acids is 1. The van der Waals surface area contributed by atoms with Gasteiger partial charge in [0, 0.05) is 32.2 Å². The lowest BCUT2D eigenvalue weighted by molar-refractivity contribution is -0.127. The largest absolute Gasteiger partial charge is 0.385 e. The van der Waals surface area contributed by atoms with Crippen molar-refractivity contribution >= 4 is 5.91 Å². The molecule has 2 aliphatic carbocycles. The van der Waals surface area contributed by atoms with Crippen LogP contribution in [0.5, 0.6) is 0 Å². The first-order valence-electron chi connectivity index (χ1n) is 14.0. The molecule has 0 spiro atoms. The van der Waals surface area contributed by atoms with E-state index in [1.54, 1.807) is 7.11 Å². The molecule has 2 N–H and O–H groups in total. The zero-order chi connectivity index (χ0) is 24.9. The molecule has 2 fully saturated rings. The summed E-state index contributed by atoms with van der Waals surface area (Å²) in [7, 11) is 3.67. The third kappa shape index (κ3) is 7.85. The second-order valence-corrected chi connectivity index (χ2v) is 10.9. The number of unbranched alkanes of at least 4 members (excludes halogenated alkanes) is 1. The van der Waals surface area contributed by atoms with E-state index in [9.17, 15) is 9.70 Å². The number of nitroso groups, excluding NO2 is 1. The predicted octanol–water partition coefficient (Wildman–Crippen LogP) is 5.95.